The fourth-order valence-corrected chi connectivity index (χ4v) is 8.73. The first-order chi connectivity index (χ1) is 30.5. The molecule has 0 aromatic heterocycles. The number of phosphoric ester groups is 2. The van der Waals surface area contributed by atoms with Gasteiger partial charge in [-0.2, -0.15) is 4.31 Å². The molecule has 0 amide bonds. The van der Waals surface area contributed by atoms with Gasteiger partial charge in [-0.1, -0.05) is 113 Å². The highest BCUT2D eigenvalue weighted by molar-refractivity contribution is 7.62. The Bertz CT molecular complexity index is 1740. The number of aromatic carboxylic acids is 1. The second kappa shape index (κ2) is 34.7. The van der Waals surface area contributed by atoms with Crippen molar-refractivity contribution in [2.75, 3.05) is 26.4 Å². The summed E-state index contributed by atoms with van der Waals surface area (Å²) < 4.78 is 56.7. The van der Waals surface area contributed by atoms with Crippen molar-refractivity contribution in [3.05, 3.63) is 116 Å². The number of phenols is 2. The minimum absolute atomic E-state index is 0.0477. The number of rotatable bonds is 31. The lowest BCUT2D eigenvalue weighted by molar-refractivity contribution is 0.0692. The Hall–Kier alpha value is -3.53. The van der Waals surface area contributed by atoms with Crippen LogP contribution in [0, 0.1) is 0 Å². The number of allylic oxidation sites excluding steroid dienone is 12. The minimum atomic E-state index is -4.40. The van der Waals surface area contributed by atoms with E-state index in [-0.39, 0.29) is 43.5 Å². The Labute approximate surface area is 393 Å². The normalized spacial score (nSPS) is 13.3. The molecule has 1 aromatic carbocycles. The van der Waals surface area contributed by atoms with Crippen molar-refractivity contribution in [1.29, 1.82) is 0 Å². The van der Waals surface area contributed by atoms with E-state index in [1.165, 1.54) is 28.4 Å². The molecule has 368 valence electrons. The second-order valence-corrected chi connectivity index (χ2v) is 20.9. The Kier molecular flexibility index (Phi) is 32.8. The number of hydrogen-bond donors (Lipinski definition) is 3. The summed E-state index contributed by atoms with van der Waals surface area (Å²) in [7, 11) is -8.81. The van der Waals surface area contributed by atoms with Crippen LogP contribution in [0.25, 0.3) is 0 Å². The fraction of sp³-hybridized carbons (Fsp3) is 0.558. The Morgan fingerprint density at radius 1 is 0.523 bits per heavy atom. The van der Waals surface area contributed by atoms with E-state index in [9.17, 15) is 24.1 Å². The summed E-state index contributed by atoms with van der Waals surface area (Å²) >= 11 is 0. The molecule has 0 unspecified atom stereocenters. The molecule has 1 rings (SSSR count). The van der Waals surface area contributed by atoms with Gasteiger partial charge in [0.05, 0.1) is 26.4 Å². The van der Waals surface area contributed by atoms with E-state index < -0.39 is 21.6 Å². The van der Waals surface area contributed by atoms with Gasteiger partial charge in [0.15, 0.2) is 0 Å². The lowest BCUT2D eigenvalue weighted by Crippen LogP contribution is -2.05. The monoisotopic (exact) mass is 947 g/mol. The third kappa shape index (κ3) is 32.7. The number of hydrogen-bond acceptors (Lipinski definition) is 10. The van der Waals surface area contributed by atoms with Gasteiger partial charge in [-0.15, -0.1) is 0 Å². The Balaban J connectivity index is 0.00000213. The van der Waals surface area contributed by atoms with Crippen LogP contribution in [0.15, 0.2) is 105 Å². The van der Waals surface area contributed by atoms with E-state index in [1.54, 1.807) is 0 Å². The molecule has 0 aliphatic heterocycles. The molecule has 13 heteroatoms. The van der Waals surface area contributed by atoms with Crippen LogP contribution in [0.5, 0.6) is 11.5 Å². The molecule has 65 heavy (non-hydrogen) atoms. The number of aromatic hydroxyl groups is 2. The summed E-state index contributed by atoms with van der Waals surface area (Å²) in [6, 6.07) is 2.45. The number of unbranched alkanes of at least 4 members (excludes halogenated alkanes) is 2. The highest BCUT2D eigenvalue weighted by Crippen LogP contribution is 2.66. The van der Waals surface area contributed by atoms with Crippen molar-refractivity contribution in [2.24, 2.45) is 0 Å². The maximum atomic E-state index is 14.1. The maximum Gasteiger partial charge on any atom is 0.484 e. The zero-order valence-electron chi connectivity index (χ0n) is 42.1. The van der Waals surface area contributed by atoms with Gasteiger partial charge in [0, 0.05) is 6.07 Å². The Morgan fingerprint density at radius 3 is 1.12 bits per heavy atom. The van der Waals surface area contributed by atoms with Crippen molar-refractivity contribution >= 4 is 21.6 Å². The van der Waals surface area contributed by atoms with Gasteiger partial charge in [0.1, 0.15) is 17.1 Å². The van der Waals surface area contributed by atoms with E-state index in [4.69, 9.17) is 27.5 Å². The standard InChI is InChI=1S/C40H68O7P2.C12H16O4/c1-33(2)17-13-21-37(9)25-29-43-48(41,44-30-26-38(10)22-14-18-34(3)4)47-49(42,45-31-27-39(11)23-15-19-35(5)6)46-32-28-40(12)24-16-20-36(7)8;1-2-3-4-5-8-6-9(13)7-10(14)11(8)12(15)16/h17-20,25-28H,13-16,21-24,29-32H2,1-12H3;6-7,13-14H,2-5H2,1H3,(H,15,16)/b37-25+,38-26+,39-27+,40-28+;. The molecule has 0 saturated carbocycles. The number of carboxylic acid groups (broad SMARTS) is 1. The van der Waals surface area contributed by atoms with Gasteiger partial charge in [-0.3, -0.25) is 18.1 Å². The highest BCUT2D eigenvalue weighted by Gasteiger charge is 2.40. The molecule has 11 nitrogen and oxygen atoms in total. The third-order valence-corrected chi connectivity index (χ3v) is 13.1. The van der Waals surface area contributed by atoms with Crippen LogP contribution in [0.1, 0.15) is 177 Å². The van der Waals surface area contributed by atoms with Crippen LogP contribution in [0.2, 0.25) is 0 Å². The second-order valence-electron chi connectivity index (χ2n) is 17.4. The molecule has 1 aromatic rings. The molecule has 3 N–H and O–H groups in total. The van der Waals surface area contributed by atoms with Gasteiger partial charge >= 0.3 is 21.6 Å². The number of carboxylic acids is 1. The molecule has 0 heterocycles. The zero-order chi connectivity index (χ0) is 49.4. The van der Waals surface area contributed by atoms with Gasteiger partial charge in [-0.25, -0.2) is 13.9 Å². The fourth-order valence-electron chi connectivity index (χ4n) is 5.82. The summed E-state index contributed by atoms with van der Waals surface area (Å²) in [6.45, 7) is 26.3. The molecule has 0 atom stereocenters. The van der Waals surface area contributed by atoms with Gasteiger partial charge in [0.25, 0.3) is 0 Å². The van der Waals surface area contributed by atoms with Crippen molar-refractivity contribution < 1.29 is 51.6 Å². The number of aryl methyl sites for hydroxylation is 1. The van der Waals surface area contributed by atoms with Gasteiger partial charge < -0.3 is 15.3 Å². The van der Waals surface area contributed by atoms with Crippen molar-refractivity contribution in [3.8, 4) is 11.5 Å². The van der Waals surface area contributed by atoms with E-state index in [0.29, 0.717) is 12.0 Å². The number of phosphoric acid groups is 2. The molecule has 0 radical (unpaired) electrons. The molecule has 0 bridgehead atoms. The van der Waals surface area contributed by atoms with Crippen LogP contribution in [0.3, 0.4) is 0 Å². The van der Waals surface area contributed by atoms with E-state index in [0.717, 1.165) is 99.0 Å². The average Bonchev–Trinajstić information content (AvgIpc) is 3.17. The lowest BCUT2D eigenvalue weighted by atomic mass is 10.00. The molecule has 0 aliphatic carbocycles. The first kappa shape index (κ1) is 61.5. The molecular formula is C52H84O11P2. The molecular weight excluding hydrogens is 863 g/mol. The van der Waals surface area contributed by atoms with Crippen LogP contribution in [-0.2, 0) is 38.0 Å². The van der Waals surface area contributed by atoms with Crippen molar-refractivity contribution in [3.63, 3.8) is 0 Å². The first-order valence-corrected chi connectivity index (χ1v) is 25.9. The molecule has 0 spiro atoms. The van der Waals surface area contributed by atoms with Crippen LogP contribution in [0.4, 0.5) is 0 Å². The zero-order valence-corrected chi connectivity index (χ0v) is 43.9. The largest absolute Gasteiger partial charge is 0.508 e. The topological polar surface area (TPSA) is 158 Å². The van der Waals surface area contributed by atoms with Gasteiger partial charge in [-0.05, 0) is 159 Å². The number of phenolic OH excluding ortho intramolecular Hbond substituents is 1. The summed E-state index contributed by atoms with van der Waals surface area (Å²) in [6.07, 6.45) is 26.3. The number of carbonyl (C=O) groups is 1. The van der Waals surface area contributed by atoms with Crippen LogP contribution in [-0.4, -0.2) is 47.7 Å². The van der Waals surface area contributed by atoms with E-state index in [1.807, 2.05) is 52.0 Å². The Morgan fingerprint density at radius 2 is 0.846 bits per heavy atom. The quantitative estimate of drug-likeness (QED) is 0.0370. The molecule has 0 fully saturated rings. The van der Waals surface area contributed by atoms with Gasteiger partial charge in [0.2, 0.25) is 0 Å². The van der Waals surface area contributed by atoms with E-state index >= 15 is 0 Å². The third-order valence-electron chi connectivity index (χ3n) is 9.67. The summed E-state index contributed by atoms with van der Waals surface area (Å²) in [5.74, 6) is -1.64. The van der Waals surface area contributed by atoms with E-state index in [2.05, 4.69) is 86.6 Å². The predicted molar refractivity (Wildman–Crippen MR) is 270 cm³/mol. The predicted octanol–water partition coefficient (Wildman–Crippen LogP) is 16.6. The first-order valence-electron chi connectivity index (χ1n) is 22.9. The van der Waals surface area contributed by atoms with Crippen LogP contribution < -0.4 is 0 Å². The minimum Gasteiger partial charge on any atom is -0.508 e. The SMILES string of the molecule is CC(C)=CCC/C(C)=C/COP(=O)(OC/C=C(\C)CCC=C(C)C)OP(=O)(OC/C=C(\C)CCC=C(C)C)OC/C=C(\C)CCC=C(C)C.CCCCCc1cc(O)cc(O)c1C(=O)O. The average molecular weight is 947 g/mol. The van der Waals surface area contributed by atoms with Crippen molar-refractivity contribution in [1.82, 2.24) is 0 Å². The van der Waals surface area contributed by atoms with Crippen LogP contribution >= 0.6 is 15.6 Å². The molecule has 0 aliphatic rings. The maximum absolute atomic E-state index is 14.1. The lowest BCUT2D eigenvalue weighted by Gasteiger charge is -2.22. The number of benzene rings is 1. The van der Waals surface area contributed by atoms with Crippen molar-refractivity contribution in [2.45, 2.75) is 167 Å². The summed E-state index contributed by atoms with van der Waals surface area (Å²) in [5.41, 5.74) is 9.67. The molecule has 0 saturated heterocycles. The summed E-state index contributed by atoms with van der Waals surface area (Å²) in [5, 5.41) is 27.7. The smallest absolute Gasteiger partial charge is 0.484 e. The highest BCUT2D eigenvalue weighted by atomic mass is 31.3. The summed E-state index contributed by atoms with van der Waals surface area (Å²) in [4.78, 5) is 10.9.